The zero-order valence-electron chi connectivity index (χ0n) is 19.3. The Hall–Kier alpha value is -4.12. The summed E-state index contributed by atoms with van der Waals surface area (Å²) in [7, 11) is 3.23. The van der Waals surface area contributed by atoms with Crippen LogP contribution in [0.5, 0.6) is 11.5 Å². The van der Waals surface area contributed by atoms with Crippen LogP contribution in [0.3, 0.4) is 0 Å². The number of fused-ring (bicyclic) bond motifs is 3. The Kier molecular flexibility index (Phi) is 6.00. The van der Waals surface area contributed by atoms with E-state index in [0.717, 1.165) is 58.7 Å². The number of hydrogen-bond donors (Lipinski definition) is 0. The molecule has 0 radical (unpaired) electrons. The number of hydrogen-bond acceptors (Lipinski definition) is 4. The van der Waals surface area contributed by atoms with Crippen molar-refractivity contribution in [2.24, 2.45) is 0 Å². The number of aryl methyl sites for hydroxylation is 2. The van der Waals surface area contributed by atoms with Crippen molar-refractivity contribution in [3.63, 3.8) is 0 Å². The normalized spacial score (nSPS) is 11.1. The quantitative estimate of drug-likeness (QED) is 0.260. The highest BCUT2D eigenvalue weighted by Crippen LogP contribution is 2.38. The number of nitrogens with zero attached hydrogens (tertiary/aromatic N) is 2. The molecule has 2 heterocycles. The summed E-state index contributed by atoms with van der Waals surface area (Å²) >= 11 is 0. The molecule has 5 aromatic rings. The molecule has 34 heavy (non-hydrogen) atoms. The summed E-state index contributed by atoms with van der Waals surface area (Å²) < 4.78 is 13.3. The molecule has 0 spiro atoms. The lowest BCUT2D eigenvalue weighted by Gasteiger charge is -2.13. The van der Waals surface area contributed by atoms with Crippen molar-refractivity contribution in [1.82, 2.24) is 9.55 Å². The lowest BCUT2D eigenvalue weighted by atomic mass is 10.1. The average molecular weight is 451 g/mol. The lowest BCUT2D eigenvalue weighted by molar-refractivity contribution is 0.111. The number of carbonyl (C=O) groups excluding carboxylic acids is 1. The number of ether oxygens (including phenoxy) is 2. The largest absolute Gasteiger partial charge is 0.493 e. The van der Waals surface area contributed by atoms with E-state index in [1.807, 2.05) is 36.4 Å². The Bertz CT molecular complexity index is 1470. The van der Waals surface area contributed by atoms with E-state index in [9.17, 15) is 4.79 Å². The smallest absolute Gasteiger partial charge is 0.168 e. The van der Waals surface area contributed by atoms with E-state index in [1.54, 1.807) is 14.2 Å². The van der Waals surface area contributed by atoms with E-state index in [2.05, 4.69) is 47.0 Å². The van der Waals surface area contributed by atoms with Gasteiger partial charge in [0.2, 0.25) is 0 Å². The molecule has 5 heteroatoms. The topological polar surface area (TPSA) is 53.3 Å². The molecule has 3 aromatic carbocycles. The summed E-state index contributed by atoms with van der Waals surface area (Å²) in [5, 5.41) is 2.14. The number of benzene rings is 3. The molecule has 0 aliphatic carbocycles. The summed E-state index contributed by atoms with van der Waals surface area (Å²) in [6.45, 7) is 0.835. The molecule has 170 valence electrons. The van der Waals surface area contributed by atoms with E-state index in [4.69, 9.17) is 14.5 Å². The molecule has 0 aliphatic rings. The molecule has 2 aromatic heterocycles. The minimum absolute atomic E-state index is 0.407. The highest BCUT2D eigenvalue weighted by Gasteiger charge is 2.19. The Morgan fingerprint density at radius 3 is 2.38 bits per heavy atom. The summed E-state index contributed by atoms with van der Waals surface area (Å²) in [5.74, 6) is 1.27. The van der Waals surface area contributed by atoms with Gasteiger partial charge in [-0.1, -0.05) is 48.5 Å². The first-order chi connectivity index (χ1) is 16.7. The van der Waals surface area contributed by atoms with Gasteiger partial charge in [-0.25, -0.2) is 4.98 Å². The van der Waals surface area contributed by atoms with Crippen molar-refractivity contribution in [3.05, 3.63) is 90.1 Å². The minimum Gasteiger partial charge on any atom is -0.493 e. The third-order valence-corrected chi connectivity index (χ3v) is 6.24. The van der Waals surface area contributed by atoms with E-state index in [0.29, 0.717) is 17.2 Å². The van der Waals surface area contributed by atoms with Gasteiger partial charge in [0.05, 0.1) is 25.4 Å². The van der Waals surface area contributed by atoms with Crippen molar-refractivity contribution in [1.29, 1.82) is 0 Å². The van der Waals surface area contributed by atoms with E-state index >= 15 is 0 Å². The van der Waals surface area contributed by atoms with E-state index in [1.165, 1.54) is 5.56 Å². The molecule has 0 aliphatic heterocycles. The molecule has 0 atom stereocenters. The molecule has 0 N–H and O–H groups in total. The second-order valence-electron chi connectivity index (χ2n) is 8.24. The lowest BCUT2D eigenvalue weighted by Crippen LogP contribution is -2.02. The van der Waals surface area contributed by atoms with Crippen LogP contribution in [-0.2, 0) is 13.0 Å². The molecule has 0 saturated carbocycles. The fraction of sp³-hybridized carbons (Fsp3) is 0.172. The van der Waals surface area contributed by atoms with Gasteiger partial charge in [-0.15, -0.1) is 0 Å². The van der Waals surface area contributed by atoms with Crippen LogP contribution in [0.2, 0.25) is 0 Å². The van der Waals surface area contributed by atoms with Gasteiger partial charge in [0.15, 0.2) is 17.8 Å². The zero-order valence-corrected chi connectivity index (χ0v) is 19.3. The Labute approximate surface area is 198 Å². The summed E-state index contributed by atoms with van der Waals surface area (Å²) in [6, 6.07) is 26.5. The average Bonchev–Trinajstić information content (AvgIpc) is 3.22. The van der Waals surface area contributed by atoms with Gasteiger partial charge in [0.1, 0.15) is 5.69 Å². The minimum atomic E-state index is 0.407. The second-order valence-corrected chi connectivity index (χ2v) is 8.24. The standard InChI is InChI=1S/C29H26N2O3/c1-33-26-15-14-21(17-27(26)34-2)28-29-24(18-22(19-32)30-28)23-12-6-7-13-25(23)31(29)16-8-11-20-9-4-3-5-10-20/h3-7,9-10,12-15,17-19H,8,11,16H2,1-2H3. The van der Waals surface area contributed by atoms with Gasteiger partial charge in [-0.3, -0.25) is 4.79 Å². The fourth-order valence-corrected chi connectivity index (χ4v) is 4.66. The Morgan fingerprint density at radius 2 is 1.62 bits per heavy atom. The third kappa shape index (κ3) is 3.90. The van der Waals surface area contributed by atoms with Crippen LogP contribution < -0.4 is 9.47 Å². The number of para-hydroxylation sites is 1. The maximum absolute atomic E-state index is 11.8. The molecule has 5 rings (SSSR count). The Morgan fingerprint density at radius 1 is 0.853 bits per heavy atom. The molecule has 0 saturated heterocycles. The molecular weight excluding hydrogens is 424 g/mol. The number of aldehydes is 1. The molecular formula is C29H26N2O3. The van der Waals surface area contributed by atoms with Gasteiger partial charge >= 0.3 is 0 Å². The molecule has 0 unspecified atom stereocenters. The van der Waals surface area contributed by atoms with Crippen molar-refractivity contribution in [2.45, 2.75) is 19.4 Å². The first-order valence-corrected chi connectivity index (χ1v) is 11.4. The zero-order chi connectivity index (χ0) is 23.5. The van der Waals surface area contributed by atoms with Gasteiger partial charge in [-0.05, 0) is 48.7 Å². The first kappa shape index (κ1) is 21.7. The van der Waals surface area contributed by atoms with Crippen molar-refractivity contribution in [3.8, 4) is 22.8 Å². The van der Waals surface area contributed by atoms with E-state index in [-0.39, 0.29) is 0 Å². The highest BCUT2D eigenvalue weighted by atomic mass is 16.5. The van der Waals surface area contributed by atoms with Gasteiger partial charge in [0.25, 0.3) is 0 Å². The van der Waals surface area contributed by atoms with Gasteiger partial charge in [0, 0.05) is 28.4 Å². The maximum Gasteiger partial charge on any atom is 0.168 e. The van der Waals surface area contributed by atoms with Crippen LogP contribution in [0.15, 0.2) is 78.9 Å². The van der Waals surface area contributed by atoms with Gasteiger partial charge in [-0.2, -0.15) is 0 Å². The summed E-state index contributed by atoms with van der Waals surface area (Å²) in [4.78, 5) is 16.6. The molecule has 0 fully saturated rings. The summed E-state index contributed by atoms with van der Waals surface area (Å²) in [5.41, 5.74) is 5.52. The van der Waals surface area contributed by atoms with Crippen LogP contribution >= 0.6 is 0 Å². The third-order valence-electron chi connectivity index (χ3n) is 6.24. The van der Waals surface area contributed by atoms with Crippen LogP contribution in [0.25, 0.3) is 33.1 Å². The number of rotatable bonds is 8. The van der Waals surface area contributed by atoms with E-state index < -0.39 is 0 Å². The monoisotopic (exact) mass is 450 g/mol. The van der Waals surface area contributed by atoms with Crippen molar-refractivity contribution in [2.75, 3.05) is 14.2 Å². The Balaban J connectivity index is 1.69. The van der Waals surface area contributed by atoms with Crippen LogP contribution in [0.4, 0.5) is 0 Å². The van der Waals surface area contributed by atoms with Crippen LogP contribution in [-0.4, -0.2) is 30.1 Å². The molecule has 5 nitrogen and oxygen atoms in total. The SMILES string of the molecule is COc1ccc(-c2nc(C=O)cc3c4ccccc4n(CCCc4ccccc4)c23)cc1OC. The van der Waals surface area contributed by atoms with Crippen molar-refractivity contribution >= 4 is 28.1 Å². The number of aromatic nitrogens is 2. The first-order valence-electron chi connectivity index (χ1n) is 11.4. The number of methoxy groups -OCH3 is 2. The molecule has 0 bridgehead atoms. The van der Waals surface area contributed by atoms with Crippen LogP contribution in [0, 0.1) is 0 Å². The van der Waals surface area contributed by atoms with Gasteiger partial charge < -0.3 is 14.0 Å². The predicted octanol–water partition coefficient (Wildman–Crippen LogP) is 6.32. The highest BCUT2D eigenvalue weighted by molar-refractivity contribution is 6.13. The predicted molar refractivity (Wildman–Crippen MR) is 136 cm³/mol. The number of carbonyl (C=O) groups is 1. The maximum atomic E-state index is 11.8. The summed E-state index contributed by atoms with van der Waals surface area (Å²) in [6.07, 6.45) is 2.78. The number of pyridine rings is 1. The fourth-order valence-electron chi connectivity index (χ4n) is 4.66. The van der Waals surface area contributed by atoms with Crippen LogP contribution in [0.1, 0.15) is 22.5 Å². The van der Waals surface area contributed by atoms with Crippen molar-refractivity contribution < 1.29 is 14.3 Å². The molecule has 0 amide bonds. The second kappa shape index (κ2) is 9.40.